The van der Waals surface area contributed by atoms with Gasteiger partial charge in [0.05, 0.1) is 6.67 Å². The first kappa shape index (κ1) is 19.0. The summed E-state index contributed by atoms with van der Waals surface area (Å²) in [6.07, 6.45) is 6.70. The zero-order valence-corrected chi connectivity index (χ0v) is 14.5. The van der Waals surface area contributed by atoms with Crippen LogP contribution in [0.3, 0.4) is 0 Å². The van der Waals surface area contributed by atoms with E-state index < -0.39 is 19.5 Å². The minimum atomic E-state index is -11.2. The number of benzene rings is 1. The van der Waals surface area contributed by atoms with Gasteiger partial charge in [-0.25, -0.2) is 0 Å². The maximum absolute atomic E-state index is 11.2. The molecule has 1 aliphatic rings. The van der Waals surface area contributed by atoms with Crippen molar-refractivity contribution in [3.8, 4) is 0 Å². The van der Waals surface area contributed by atoms with Gasteiger partial charge in [-0.3, -0.25) is 0 Å². The third kappa shape index (κ3) is 12.7. The number of halogens is 6. The molecule has 0 saturated carbocycles. The molecule has 22 heavy (non-hydrogen) atoms. The Morgan fingerprint density at radius 1 is 1.00 bits per heavy atom. The van der Waals surface area contributed by atoms with E-state index in [0.717, 1.165) is 13.2 Å². The van der Waals surface area contributed by atoms with Gasteiger partial charge in [0.1, 0.15) is 0 Å². The van der Waals surface area contributed by atoms with Crippen LogP contribution in [0.4, 0.5) is 16.9 Å². The predicted molar refractivity (Wildman–Crippen MR) is 76.8 cm³/mol. The fraction of sp³-hybridized carbons (Fsp3) is 0.385. The number of nitrogens with zero attached hydrogens (tertiary/aromatic N) is 2. The Morgan fingerprint density at radius 3 is 2.00 bits per heavy atom. The maximum Gasteiger partial charge on any atom is 1.00 e. The van der Waals surface area contributed by atoms with E-state index in [9.17, 15) is 16.9 Å². The number of aryl methyl sites for hydroxylation is 1. The van der Waals surface area contributed by atoms with Crippen molar-refractivity contribution in [2.24, 2.45) is 0 Å². The second-order valence-corrected chi connectivity index (χ2v) is 10.5. The molecule has 2 rings (SSSR count). The van der Waals surface area contributed by atoms with Gasteiger partial charge in [-0.05, 0) is 18.4 Å². The molecular formula is C13H19F6N2Sb. The molecule has 0 saturated heterocycles. The molecule has 0 atom stereocenters. The summed E-state index contributed by atoms with van der Waals surface area (Å²) in [7, 11) is 2.10. The fourth-order valence-corrected chi connectivity index (χ4v) is 1.87. The minimum absolute atomic E-state index is 0. The van der Waals surface area contributed by atoms with Crippen molar-refractivity contribution in [3.63, 3.8) is 0 Å². The SMILES string of the molecule is CN1C=CN(CCCc2ccccc2)C1.[F][Sb-]([F])([F])([F])([F])[F].[H+]. The zero-order chi connectivity index (χ0) is 16.9. The van der Waals surface area contributed by atoms with Crippen LogP contribution in [-0.4, -0.2) is 49.5 Å². The number of rotatable bonds is 4. The number of hydrogen-bond acceptors (Lipinski definition) is 2. The quantitative estimate of drug-likeness (QED) is 0.502. The molecule has 0 radical (unpaired) electrons. The van der Waals surface area contributed by atoms with Crippen LogP contribution in [0.1, 0.15) is 13.4 Å². The van der Waals surface area contributed by atoms with E-state index in [0.29, 0.717) is 0 Å². The topological polar surface area (TPSA) is 6.48 Å². The van der Waals surface area contributed by atoms with E-state index in [1.165, 1.54) is 18.4 Å². The summed E-state index contributed by atoms with van der Waals surface area (Å²) in [4.78, 5) is 4.55. The monoisotopic (exact) mass is 438 g/mol. The average molecular weight is 439 g/mol. The van der Waals surface area contributed by atoms with Crippen molar-refractivity contribution >= 4 is 19.5 Å². The second-order valence-electron chi connectivity index (χ2n) is 5.06. The summed E-state index contributed by atoms with van der Waals surface area (Å²) in [6.45, 7) is 2.19. The van der Waals surface area contributed by atoms with Crippen molar-refractivity contribution in [2.75, 3.05) is 20.3 Å². The van der Waals surface area contributed by atoms with Crippen LogP contribution in [0.2, 0.25) is 0 Å². The van der Waals surface area contributed by atoms with E-state index in [-0.39, 0.29) is 1.43 Å². The zero-order valence-electron chi connectivity index (χ0n) is 13.0. The Hall–Kier alpha value is -1.04. The molecule has 1 aromatic carbocycles. The molecule has 0 bridgehead atoms. The smallest absolute Gasteiger partial charge is 1.00 e. The summed E-state index contributed by atoms with van der Waals surface area (Å²) >= 11 is -11.2. The van der Waals surface area contributed by atoms with E-state index in [4.69, 9.17) is 0 Å². The molecule has 0 N–H and O–H groups in total. The third-order valence-corrected chi connectivity index (χ3v) is 2.69. The van der Waals surface area contributed by atoms with Crippen LogP contribution in [0.15, 0.2) is 42.7 Å². The molecule has 0 spiro atoms. The molecule has 0 aliphatic carbocycles. The molecular weight excluding hydrogens is 420 g/mol. The third-order valence-electron chi connectivity index (χ3n) is 2.69. The van der Waals surface area contributed by atoms with Gasteiger partial charge in [-0.15, -0.1) is 0 Å². The first-order valence-corrected chi connectivity index (χ1v) is 12.3. The Kier molecular flexibility index (Phi) is 5.37. The Bertz CT molecular complexity index is 494. The molecule has 0 amide bonds. The molecule has 0 aromatic heterocycles. The van der Waals surface area contributed by atoms with E-state index in [2.05, 4.69) is 59.6 Å². The van der Waals surface area contributed by atoms with Crippen molar-refractivity contribution in [1.82, 2.24) is 9.80 Å². The predicted octanol–water partition coefficient (Wildman–Crippen LogP) is 4.55. The summed E-state index contributed by atoms with van der Waals surface area (Å²) < 4.78 is 59.6. The van der Waals surface area contributed by atoms with Crippen molar-refractivity contribution in [1.29, 1.82) is 0 Å². The molecule has 128 valence electrons. The van der Waals surface area contributed by atoms with Gasteiger partial charge in [0, 0.05) is 26.0 Å². The molecule has 0 unspecified atom stereocenters. The van der Waals surface area contributed by atoms with E-state index in [1.807, 2.05) is 0 Å². The van der Waals surface area contributed by atoms with Crippen molar-refractivity contribution in [2.45, 2.75) is 12.8 Å². The van der Waals surface area contributed by atoms with E-state index in [1.54, 1.807) is 0 Å². The van der Waals surface area contributed by atoms with Crippen LogP contribution in [0.5, 0.6) is 0 Å². The average Bonchev–Trinajstić information content (AvgIpc) is 2.72. The van der Waals surface area contributed by atoms with Crippen LogP contribution < -0.4 is 0 Å². The summed E-state index contributed by atoms with van der Waals surface area (Å²) in [5.74, 6) is 0. The molecule has 1 aromatic rings. The first-order chi connectivity index (χ1) is 9.79. The molecule has 1 aliphatic heterocycles. The van der Waals surface area contributed by atoms with Gasteiger partial charge in [0.25, 0.3) is 0 Å². The van der Waals surface area contributed by atoms with Crippen LogP contribution in [-0.2, 0) is 6.42 Å². The normalized spacial score (nSPS) is 17.6. The first-order valence-electron chi connectivity index (χ1n) is 6.52. The van der Waals surface area contributed by atoms with E-state index >= 15 is 0 Å². The fourth-order valence-electron chi connectivity index (χ4n) is 1.87. The maximum atomic E-state index is 9.93. The summed E-state index contributed by atoms with van der Waals surface area (Å²) in [5, 5.41) is 0. The number of hydrogen-bond donors (Lipinski definition) is 0. The van der Waals surface area contributed by atoms with Crippen molar-refractivity contribution in [3.05, 3.63) is 48.3 Å². The van der Waals surface area contributed by atoms with Gasteiger partial charge in [-0.2, -0.15) is 0 Å². The van der Waals surface area contributed by atoms with Gasteiger partial charge >= 0.3 is 37.8 Å². The minimum Gasteiger partial charge on any atom is 1.00 e. The molecule has 0 fully saturated rings. The largest absolute Gasteiger partial charge is 1.00 e. The Morgan fingerprint density at radius 2 is 1.55 bits per heavy atom. The molecule has 1 heterocycles. The van der Waals surface area contributed by atoms with Crippen LogP contribution in [0.25, 0.3) is 0 Å². The van der Waals surface area contributed by atoms with Gasteiger partial charge in [0.2, 0.25) is 0 Å². The van der Waals surface area contributed by atoms with Crippen LogP contribution in [0, 0.1) is 0 Å². The standard InChI is InChI=1S/C13H18N2.6FH.Sb/c1-14-10-11-15(12-14)9-5-8-13-6-3-2-4-7-13;;;;;;;/h2-4,6-7,10-11H,5,8-9,12H2,1H3;6*1H;/q;;;;;;;+5/p-5. The van der Waals surface area contributed by atoms with Gasteiger partial charge < -0.3 is 9.80 Å². The molecule has 9 heteroatoms. The summed E-state index contributed by atoms with van der Waals surface area (Å²) in [6, 6.07) is 10.7. The molecule has 2 nitrogen and oxygen atoms in total. The van der Waals surface area contributed by atoms with Crippen LogP contribution >= 0.6 is 0 Å². The van der Waals surface area contributed by atoms with Gasteiger partial charge in [-0.1, -0.05) is 30.3 Å². The summed E-state index contributed by atoms with van der Waals surface area (Å²) in [5.41, 5.74) is 1.44. The van der Waals surface area contributed by atoms with Crippen molar-refractivity contribution < 1.29 is 18.3 Å². The van der Waals surface area contributed by atoms with Gasteiger partial charge in [0.15, 0.2) is 0 Å². The Labute approximate surface area is 129 Å². The Balaban J connectivity index is 0.000000522. The second kappa shape index (κ2) is 6.22.